The molecule has 0 spiro atoms. The first-order valence-electron chi connectivity index (χ1n) is 23.3. The second kappa shape index (κ2) is 47.2. The third-order valence-corrected chi connectivity index (χ3v) is 9.04. The van der Waals surface area contributed by atoms with E-state index in [1.165, 1.54) is 6.42 Å². The quantitative estimate of drug-likeness (QED) is 0.0202. The number of allylic oxidation sites excluding steroid dienone is 22. The zero-order valence-electron chi connectivity index (χ0n) is 37.9. The molecule has 0 heterocycles. The molecule has 6 nitrogen and oxygen atoms in total. The van der Waals surface area contributed by atoms with E-state index in [4.69, 9.17) is 14.2 Å². The Morgan fingerprint density at radius 1 is 0.367 bits per heavy atom. The first-order valence-corrected chi connectivity index (χ1v) is 23.3. The Morgan fingerprint density at radius 2 is 0.750 bits per heavy atom. The summed E-state index contributed by atoms with van der Waals surface area (Å²) in [5.41, 5.74) is 0. The highest BCUT2D eigenvalue weighted by Crippen LogP contribution is 2.12. The lowest BCUT2D eigenvalue weighted by Gasteiger charge is -2.18. The Hall–Kier alpha value is -4.45. The fourth-order valence-corrected chi connectivity index (χ4v) is 5.61. The second-order valence-electron chi connectivity index (χ2n) is 14.7. The monoisotopic (exact) mass is 827 g/mol. The number of rotatable bonds is 39. The Balaban J connectivity index is 4.54. The van der Waals surface area contributed by atoms with Gasteiger partial charge in [-0.15, -0.1) is 0 Å². The van der Waals surface area contributed by atoms with E-state index in [9.17, 15) is 14.4 Å². The predicted molar refractivity (Wildman–Crippen MR) is 256 cm³/mol. The number of carbonyl (C=O) groups excluding carboxylic acids is 3. The summed E-state index contributed by atoms with van der Waals surface area (Å²) in [6, 6.07) is 0. The van der Waals surface area contributed by atoms with Gasteiger partial charge in [0.1, 0.15) is 13.2 Å². The van der Waals surface area contributed by atoms with Crippen LogP contribution >= 0.6 is 0 Å². The lowest BCUT2D eigenvalue weighted by atomic mass is 10.1. The van der Waals surface area contributed by atoms with Gasteiger partial charge in [-0.3, -0.25) is 14.4 Å². The molecule has 0 fully saturated rings. The molecule has 6 heteroatoms. The van der Waals surface area contributed by atoms with Gasteiger partial charge in [0.05, 0.1) is 0 Å². The van der Waals surface area contributed by atoms with Crippen molar-refractivity contribution >= 4 is 17.9 Å². The average Bonchev–Trinajstić information content (AvgIpc) is 3.24. The third kappa shape index (κ3) is 44.6. The van der Waals surface area contributed by atoms with Crippen molar-refractivity contribution in [1.29, 1.82) is 0 Å². The van der Waals surface area contributed by atoms with Crippen LogP contribution < -0.4 is 0 Å². The van der Waals surface area contributed by atoms with Gasteiger partial charge in [-0.05, 0) is 83.5 Å². The molecule has 0 aromatic carbocycles. The number of carbonyl (C=O) groups is 3. The molecule has 334 valence electrons. The Kier molecular flexibility index (Phi) is 43.7. The number of hydrogen-bond acceptors (Lipinski definition) is 6. The SMILES string of the molecule is CC\C=C/C=C\C=C/CCCCCCCC(=O)OC(COC(=O)CCC/C=C\C/C=C\C/C=C\CC)COC(=O)CCCCCCC\C=C/C=C\C=C/C=C\C=C/CCC. The molecule has 1 unspecified atom stereocenters. The maximum Gasteiger partial charge on any atom is 0.306 e. The van der Waals surface area contributed by atoms with E-state index in [-0.39, 0.29) is 44.0 Å². The molecular formula is C54H82O6. The molecule has 1 atom stereocenters. The van der Waals surface area contributed by atoms with E-state index < -0.39 is 6.10 Å². The normalized spacial score (nSPS) is 13.3. The highest BCUT2D eigenvalue weighted by Gasteiger charge is 2.19. The van der Waals surface area contributed by atoms with Gasteiger partial charge >= 0.3 is 17.9 Å². The van der Waals surface area contributed by atoms with Crippen molar-refractivity contribution in [1.82, 2.24) is 0 Å². The minimum Gasteiger partial charge on any atom is -0.462 e. The van der Waals surface area contributed by atoms with Crippen molar-refractivity contribution in [3.63, 3.8) is 0 Å². The van der Waals surface area contributed by atoms with E-state index in [1.54, 1.807) is 0 Å². The molecule has 0 aliphatic heterocycles. The number of unbranched alkanes of at least 4 members (excludes halogenated alkanes) is 12. The first kappa shape index (κ1) is 55.5. The molecule has 0 N–H and O–H groups in total. The largest absolute Gasteiger partial charge is 0.462 e. The van der Waals surface area contributed by atoms with Gasteiger partial charge < -0.3 is 14.2 Å². The van der Waals surface area contributed by atoms with Gasteiger partial charge in [0.25, 0.3) is 0 Å². The maximum absolute atomic E-state index is 12.7. The molecule has 0 aromatic rings. The molecule has 0 aromatic heterocycles. The van der Waals surface area contributed by atoms with E-state index in [0.29, 0.717) is 12.8 Å². The Labute approximate surface area is 366 Å². The van der Waals surface area contributed by atoms with Gasteiger partial charge in [-0.2, -0.15) is 0 Å². The molecule has 0 aliphatic carbocycles. The van der Waals surface area contributed by atoms with Crippen molar-refractivity contribution in [2.75, 3.05) is 13.2 Å². The van der Waals surface area contributed by atoms with Crippen molar-refractivity contribution in [3.8, 4) is 0 Å². The minimum atomic E-state index is -0.823. The molecule has 0 bridgehead atoms. The Bertz CT molecular complexity index is 1370. The van der Waals surface area contributed by atoms with Crippen LogP contribution in [0.1, 0.15) is 168 Å². The number of ether oxygens (including phenoxy) is 3. The third-order valence-electron chi connectivity index (χ3n) is 9.04. The molecule has 0 rings (SSSR count). The lowest BCUT2D eigenvalue weighted by Crippen LogP contribution is -2.30. The molecule has 0 amide bonds. The van der Waals surface area contributed by atoms with Crippen LogP contribution in [-0.2, 0) is 28.6 Å². The van der Waals surface area contributed by atoms with Crippen LogP contribution in [0.5, 0.6) is 0 Å². The van der Waals surface area contributed by atoms with Crippen molar-refractivity contribution in [2.24, 2.45) is 0 Å². The summed E-state index contributed by atoms with van der Waals surface area (Å²) in [6.07, 6.45) is 65.8. The lowest BCUT2D eigenvalue weighted by molar-refractivity contribution is -0.167. The standard InChI is InChI=1S/C54H82O6/c1-4-7-10-13-16-19-22-24-25-26-27-28-30-32-35-38-41-44-47-53(56)59-50-51(49-58-52(55)46-43-40-37-34-31-21-18-15-12-9-6-3)60-54(57)48-45-42-39-36-33-29-23-20-17-14-11-8-5-2/h8-14,16-28,34,37,51H,4-7,15,29-33,35-36,38-50H2,1-3H3/b11-8-,12-9-,13-10-,17-14-,19-16-,21-18-,23-20-,24-22-,26-25-,28-27-,37-34-. The van der Waals surface area contributed by atoms with Crippen LogP contribution in [0.4, 0.5) is 0 Å². The predicted octanol–water partition coefficient (Wildman–Crippen LogP) is 15.1. The van der Waals surface area contributed by atoms with Crippen LogP contribution in [0.2, 0.25) is 0 Å². The Morgan fingerprint density at radius 3 is 1.27 bits per heavy atom. The van der Waals surface area contributed by atoms with Crippen LogP contribution in [0.15, 0.2) is 134 Å². The van der Waals surface area contributed by atoms with Crippen LogP contribution in [0.3, 0.4) is 0 Å². The van der Waals surface area contributed by atoms with Gasteiger partial charge in [0, 0.05) is 19.3 Å². The second-order valence-corrected chi connectivity index (χ2v) is 14.7. The minimum absolute atomic E-state index is 0.121. The molecule has 0 aliphatic rings. The van der Waals surface area contributed by atoms with E-state index >= 15 is 0 Å². The number of esters is 3. The highest BCUT2D eigenvalue weighted by molar-refractivity contribution is 5.71. The van der Waals surface area contributed by atoms with Crippen molar-refractivity contribution in [2.45, 2.75) is 175 Å². The van der Waals surface area contributed by atoms with Gasteiger partial charge in [-0.1, -0.05) is 199 Å². The summed E-state index contributed by atoms with van der Waals surface area (Å²) in [5.74, 6) is -1.04. The van der Waals surface area contributed by atoms with Crippen LogP contribution in [0, 0.1) is 0 Å². The van der Waals surface area contributed by atoms with E-state index in [2.05, 4.69) is 112 Å². The van der Waals surface area contributed by atoms with Gasteiger partial charge in [0.15, 0.2) is 6.10 Å². The van der Waals surface area contributed by atoms with Crippen molar-refractivity contribution in [3.05, 3.63) is 134 Å². The topological polar surface area (TPSA) is 78.9 Å². The first-order chi connectivity index (χ1) is 29.5. The summed E-state index contributed by atoms with van der Waals surface area (Å²) in [7, 11) is 0. The zero-order chi connectivity index (χ0) is 43.7. The van der Waals surface area contributed by atoms with Gasteiger partial charge in [0.2, 0.25) is 0 Å². The molecule has 0 saturated heterocycles. The van der Waals surface area contributed by atoms with E-state index in [1.807, 2.05) is 42.5 Å². The summed E-state index contributed by atoms with van der Waals surface area (Å²) < 4.78 is 16.6. The van der Waals surface area contributed by atoms with Crippen molar-refractivity contribution < 1.29 is 28.6 Å². The smallest absolute Gasteiger partial charge is 0.306 e. The van der Waals surface area contributed by atoms with Crippen LogP contribution in [-0.4, -0.2) is 37.2 Å². The van der Waals surface area contributed by atoms with E-state index in [0.717, 1.165) is 116 Å². The summed E-state index contributed by atoms with van der Waals surface area (Å²) in [5, 5.41) is 0. The fourth-order valence-electron chi connectivity index (χ4n) is 5.61. The molecular weight excluding hydrogens is 745 g/mol. The average molecular weight is 827 g/mol. The van der Waals surface area contributed by atoms with Crippen LogP contribution in [0.25, 0.3) is 0 Å². The summed E-state index contributed by atoms with van der Waals surface area (Å²) in [4.78, 5) is 37.8. The summed E-state index contributed by atoms with van der Waals surface area (Å²) >= 11 is 0. The highest BCUT2D eigenvalue weighted by atomic mass is 16.6. The molecule has 60 heavy (non-hydrogen) atoms. The zero-order valence-corrected chi connectivity index (χ0v) is 37.9. The summed E-state index contributed by atoms with van der Waals surface area (Å²) in [6.45, 7) is 6.17. The molecule has 0 saturated carbocycles. The fraction of sp³-hybridized carbons (Fsp3) is 0.537. The van der Waals surface area contributed by atoms with Gasteiger partial charge in [-0.25, -0.2) is 0 Å². The number of hydrogen-bond donors (Lipinski definition) is 0. The molecule has 0 radical (unpaired) electrons. The maximum atomic E-state index is 12.7.